The fraction of sp³-hybridized carbons (Fsp3) is 0.333. The zero-order valence-corrected chi connectivity index (χ0v) is 27.9. The Kier molecular flexibility index (Phi) is 8.51. The van der Waals surface area contributed by atoms with Crippen molar-refractivity contribution in [3.05, 3.63) is 120 Å². The van der Waals surface area contributed by atoms with E-state index >= 15 is 9.59 Å². The smallest absolute Gasteiger partial charge is 0.340 e. The minimum absolute atomic E-state index is 0.0719. The Balaban J connectivity index is 1.22. The van der Waals surface area contributed by atoms with Crippen LogP contribution in [0, 0.1) is 0 Å². The van der Waals surface area contributed by atoms with Crippen LogP contribution < -0.4 is 0 Å². The molecule has 3 saturated heterocycles. The second kappa shape index (κ2) is 12.6. The third-order valence-corrected chi connectivity index (χ3v) is 12.0. The maximum atomic E-state index is 15.1. The Morgan fingerprint density at radius 1 is 0.875 bits per heavy atom. The summed E-state index contributed by atoms with van der Waals surface area (Å²) in [5, 5.41) is 10.8. The lowest BCUT2D eigenvalue weighted by atomic mass is 9.96. The average Bonchev–Trinajstić information content (AvgIpc) is 3.57. The van der Waals surface area contributed by atoms with Gasteiger partial charge in [-0.05, 0) is 46.9 Å². The van der Waals surface area contributed by atoms with Crippen LogP contribution in [0.15, 0.2) is 109 Å². The van der Waals surface area contributed by atoms with Crippen LogP contribution in [0.1, 0.15) is 30.1 Å². The molecule has 4 aliphatic heterocycles. The first kappa shape index (κ1) is 32.3. The summed E-state index contributed by atoms with van der Waals surface area (Å²) in [6.07, 6.45) is 10.5. The summed E-state index contributed by atoms with van der Waals surface area (Å²) in [5.74, 6) is -1.94. The zero-order chi connectivity index (χ0) is 33.6. The highest BCUT2D eigenvalue weighted by Crippen LogP contribution is 2.59. The number of ether oxygens (including phenoxy) is 3. The Labute approximate surface area is 286 Å². The molecule has 0 bridgehead atoms. The fourth-order valence-corrected chi connectivity index (χ4v) is 9.37. The lowest BCUT2D eigenvalue weighted by Crippen LogP contribution is -2.74. The standard InChI is InChI=1S/C36H34N2O8S2/c1-47-35-19-24-14-9-15-26(45-28(39)18-22-10-5-3-6-11-22)29(24)37(35)34(43)36(48-2)20-25-21-44-17-16-27(30(25)38(36)33(35)42)46-32(41)31(40)23-12-7-4-8-13-23/h3-17,21,26-27,29-31,40H,18-20H2,1-2H3/t26-,27-,29-,30-,31+,35+,36+/m0/s1. The molecule has 0 radical (unpaired) electrons. The first-order valence-corrected chi connectivity index (χ1v) is 18.0. The third kappa shape index (κ3) is 5.08. The molecule has 48 heavy (non-hydrogen) atoms. The molecule has 5 aliphatic rings. The molecule has 2 amide bonds. The van der Waals surface area contributed by atoms with Crippen LogP contribution in [0.5, 0.6) is 0 Å². The van der Waals surface area contributed by atoms with Crippen molar-refractivity contribution in [2.45, 2.75) is 59.4 Å². The molecule has 2 aromatic rings. The molecule has 1 aliphatic carbocycles. The maximum Gasteiger partial charge on any atom is 0.340 e. The van der Waals surface area contributed by atoms with Crippen molar-refractivity contribution >= 4 is 47.3 Å². The first-order chi connectivity index (χ1) is 23.2. The van der Waals surface area contributed by atoms with E-state index in [1.165, 1.54) is 42.1 Å². The van der Waals surface area contributed by atoms with Crippen LogP contribution in [0.2, 0.25) is 0 Å². The van der Waals surface area contributed by atoms with E-state index in [4.69, 9.17) is 14.2 Å². The summed E-state index contributed by atoms with van der Waals surface area (Å²) in [4.78, 5) is 57.0. The number of aliphatic hydroxyl groups excluding tert-OH is 1. The molecular formula is C36H34N2O8S2. The van der Waals surface area contributed by atoms with Gasteiger partial charge in [0.2, 0.25) is 0 Å². The predicted octanol–water partition coefficient (Wildman–Crippen LogP) is 4.04. The van der Waals surface area contributed by atoms with Gasteiger partial charge in [0.25, 0.3) is 11.8 Å². The number of nitrogens with zero attached hydrogens (tertiary/aromatic N) is 2. The molecule has 2 aromatic carbocycles. The Morgan fingerprint density at radius 3 is 2.10 bits per heavy atom. The number of carbonyl (C=O) groups is 4. The van der Waals surface area contributed by atoms with Crippen LogP contribution in [-0.4, -0.2) is 85.2 Å². The van der Waals surface area contributed by atoms with Gasteiger partial charge < -0.3 is 29.1 Å². The third-order valence-electron chi connectivity index (χ3n) is 9.61. The predicted molar refractivity (Wildman–Crippen MR) is 180 cm³/mol. The molecule has 0 saturated carbocycles. The highest BCUT2D eigenvalue weighted by molar-refractivity contribution is 8.01. The molecule has 1 N–H and O–H groups in total. The summed E-state index contributed by atoms with van der Waals surface area (Å²) in [5.41, 5.74) is 2.60. The maximum absolute atomic E-state index is 15.1. The summed E-state index contributed by atoms with van der Waals surface area (Å²) < 4.78 is 17.5. The number of thioether (sulfide) groups is 2. The van der Waals surface area contributed by atoms with Gasteiger partial charge in [0.05, 0.1) is 31.0 Å². The topological polar surface area (TPSA) is 123 Å². The van der Waals surface area contributed by atoms with Crippen LogP contribution in [0.3, 0.4) is 0 Å². The zero-order valence-electron chi connectivity index (χ0n) is 26.3. The first-order valence-electron chi connectivity index (χ1n) is 15.6. The number of carbonyl (C=O) groups excluding carboxylic acids is 4. The van der Waals surface area contributed by atoms with Crippen molar-refractivity contribution in [2.24, 2.45) is 0 Å². The minimum atomic E-state index is -1.55. The van der Waals surface area contributed by atoms with Gasteiger partial charge in [-0.25, -0.2) is 4.79 Å². The van der Waals surface area contributed by atoms with Crippen molar-refractivity contribution in [1.29, 1.82) is 0 Å². The summed E-state index contributed by atoms with van der Waals surface area (Å²) in [6, 6.07) is 16.2. The number of hydrogen-bond donors (Lipinski definition) is 1. The second-order valence-corrected chi connectivity index (χ2v) is 14.4. The summed E-state index contributed by atoms with van der Waals surface area (Å²) in [6.45, 7) is 0. The monoisotopic (exact) mass is 686 g/mol. The van der Waals surface area contributed by atoms with E-state index in [9.17, 15) is 14.7 Å². The van der Waals surface area contributed by atoms with Crippen LogP contribution in [0.25, 0.3) is 0 Å². The number of allylic oxidation sites excluding steroid dienone is 2. The average molecular weight is 687 g/mol. The molecule has 10 nitrogen and oxygen atoms in total. The molecule has 3 fully saturated rings. The van der Waals surface area contributed by atoms with Crippen molar-refractivity contribution in [2.75, 3.05) is 12.5 Å². The molecule has 0 aromatic heterocycles. The van der Waals surface area contributed by atoms with Gasteiger partial charge in [-0.2, -0.15) is 0 Å². The van der Waals surface area contributed by atoms with Crippen molar-refractivity contribution in [3.8, 4) is 0 Å². The number of rotatable bonds is 8. The SMILES string of the molecule is CS[C@@]12CC3=CC=C[C@H](OC(=O)Cc4ccccc4)[C@H]3N1C(=O)[C@]1(SC)CC3=COC=C[C@H](OC(=O)[C@H](O)c4ccccc4)[C@H]3N1C2=O. The Morgan fingerprint density at radius 2 is 1.46 bits per heavy atom. The normalized spacial score (nSPS) is 30.6. The lowest BCUT2D eigenvalue weighted by molar-refractivity contribution is -0.173. The van der Waals surface area contributed by atoms with Gasteiger partial charge in [-0.1, -0.05) is 72.8 Å². The highest BCUT2D eigenvalue weighted by atomic mass is 32.2. The molecule has 7 atom stereocenters. The van der Waals surface area contributed by atoms with E-state index in [1.807, 2.05) is 36.4 Å². The van der Waals surface area contributed by atoms with E-state index in [2.05, 4.69) is 0 Å². The number of piperazine rings is 1. The molecule has 0 unspecified atom stereocenters. The van der Waals surface area contributed by atoms with Crippen molar-refractivity contribution in [1.82, 2.24) is 9.80 Å². The summed E-state index contributed by atoms with van der Waals surface area (Å²) in [7, 11) is 0. The van der Waals surface area contributed by atoms with Gasteiger partial charge >= 0.3 is 11.9 Å². The largest absolute Gasteiger partial charge is 0.473 e. The quantitative estimate of drug-likeness (QED) is 0.407. The highest BCUT2D eigenvalue weighted by Gasteiger charge is 2.73. The van der Waals surface area contributed by atoms with Gasteiger partial charge in [0.1, 0.15) is 12.2 Å². The number of fused-ring (bicyclic) bond motifs is 6. The van der Waals surface area contributed by atoms with E-state index in [-0.39, 0.29) is 31.1 Å². The van der Waals surface area contributed by atoms with Gasteiger partial charge in [0, 0.05) is 12.8 Å². The molecule has 12 heteroatoms. The number of benzene rings is 2. The van der Waals surface area contributed by atoms with Gasteiger partial charge in [-0.3, -0.25) is 14.4 Å². The number of amides is 2. The van der Waals surface area contributed by atoms with E-state index in [0.717, 1.165) is 11.1 Å². The lowest BCUT2D eigenvalue weighted by Gasteiger charge is -2.54. The van der Waals surface area contributed by atoms with Crippen molar-refractivity contribution < 1.29 is 38.5 Å². The van der Waals surface area contributed by atoms with Gasteiger partial charge in [0.15, 0.2) is 15.8 Å². The van der Waals surface area contributed by atoms with E-state index in [1.54, 1.807) is 64.8 Å². The molecule has 4 heterocycles. The van der Waals surface area contributed by atoms with Crippen LogP contribution in [-0.2, 0) is 39.8 Å². The molecule has 7 rings (SSSR count). The Bertz CT molecular complexity index is 1760. The van der Waals surface area contributed by atoms with Gasteiger partial charge in [-0.15, -0.1) is 23.5 Å². The summed E-state index contributed by atoms with van der Waals surface area (Å²) >= 11 is 2.50. The van der Waals surface area contributed by atoms with E-state index in [0.29, 0.717) is 11.1 Å². The van der Waals surface area contributed by atoms with E-state index < -0.39 is 52.1 Å². The number of hydrogen-bond acceptors (Lipinski definition) is 10. The fourth-order valence-electron chi connectivity index (χ4n) is 7.41. The van der Waals surface area contributed by atoms with Crippen LogP contribution in [0.4, 0.5) is 0 Å². The second-order valence-electron chi connectivity index (χ2n) is 12.2. The van der Waals surface area contributed by atoms with Crippen molar-refractivity contribution in [3.63, 3.8) is 0 Å². The minimum Gasteiger partial charge on any atom is -0.473 e. The Hall–Kier alpha value is -4.26. The number of aliphatic hydroxyl groups is 1. The molecule has 248 valence electrons. The molecule has 0 spiro atoms. The molecular weight excluding hydrogens is 653 g/mol. The number of esters is 2. The van der Waals surface area contributed by atoms with Crippen LogP contribution >= 0.6 is 23.5 Å².